The lowest BCUT2D eigenvalue weighted by Gasteiger charge is -2.06. The van der Waals surface area contributed by atoms with Crippen molar-refractivity contribution in [3.8, 4) is 0 Å². The van der Waals surface area contributed by atoms with Crippen molar-refractivity contribution < 1.29 is 0 Å². The van der Waals surface area contributed by atoms with Gasteiger partial charge in [-0.2, -0.15) is 0 Å². The molecule has 0 aliphatic heterocycles. The van der Waals surface area contributed by atoms with Crippen LogP contribution in [-0.2, 0) is 19.4 Å². The highest BCUT2D eigenvalue weighted by molar-refractivity contribution is 5.85. The molecule has 102 valence electrons. The van der Waals surface area contributed by atoms with E-state index in [1.165, 1.54) is 16.7 Å². The minimum Gasteiger partial charge on any atom is -0.312 e. The highest BCUT2D eigenvalue weighted by atomic mass is 35.5. The first-order valence-corrected chi connectivity index (χ1v) is 6.71. The van der Waals surface area contributed by atoms with E-state index in [0.717, 1.165) is 25.9 Å². The van der Waals surface area contributed by atoms with Crippen LogP contribution >= 0.6 is 12.4 Å². The highest BCUT2D eigenvalue weighted by Gasteiger charge is 1.94. The first-order chi connectivity index (χ1) is 8.88. The average Bonchev–Trinajstić information content (AvgIpc) is 2.45. The lowest BCUT2D eigenvalue weighted by Crippen LogP contribution is -2.16. The van der Waals surface area contributed by atoms with Crippen LogP contribution in [0.2, 0.25) is 0 Å². The summed E-state index contributed by atoms with van der Waals surface area (Å²) >= 11 is 0. The molecule has 19 heavy (non-hydrogen) atoms. The summed E-state index contributed by atoms with van der Waals surface area (Å²) in [4.78, 5) is 0. The molecular weight excluding hydrogens is 254 g/mol. The Kier molecular flexibility index (Phi) is 7.24. The summed E-state index contributed by atoms with van der Waals surface area (Å²) in [5.74, 6) is 0. The topological polar surface area (TPSA) is 12.0 Å². The summed E-state index contributed by atoms with van der Waals surface area (Å²) in [6.45, 7) is 4.17. The fourth-order valence-corrected chi connectivity index (χ4v) is 2.00. The van der Waals surface area contributed by atoms with E-state index in [2.05, 4.69) is 66.8 Å². The lowest BCUT2D eigenvalue weighted by molar-refractivity contribution is 0.687. The molecule has 0 atom stereocenters. The van der Waals surface area contributed by atoms with Crippen LogP contribution < -0.4 is 5.32 Å². The zero-order chi connectivity index (χ0) is 12.6. The predicted octanol–water partition coefficient (Wildman–Crippen LogP) is 4.00. The third kappa shape index (κ3) is 5.46. The quantitative estimate of drug-likeness (QED) is 0.786. The summed E-state index contributed by atoms with van der Waals surface area (Å²) in [5, 5.41) is 3.49. The van der Waals surface area contributed by atoms with Crippen molar-refractivity contribution in [2.75, 3.05) is 6.54 Å². The van der Waals surface area contributed by atoms with Gasteiger partial charge in [-0.25, -0.2) is 0 Å². The van der Waals surface area contributed by atoms with Crippen LogP contribution in [0.1, 0.15) is 23.6 Å². The SMILES string of the molecule is CCc1ccc(CNCCc2ccccc2)cc1.Cl. The minimum atomic E-state index is 0. The molecule has 0 fully saturated rings. The average molecular weight is 276 g/mol. The van der Waals surface area contributed by atoms with Crippen molar-refractivity contribution in [3.05, 3.63) is 71.3 Å². The summed E-state index contributed by atoms with van der Waals surface area (Å²) < 4.78 is 0. The molecule has 2 aromatic carbocycles. The van der Waals surface area contributed by atoms with Gasteiger partial charge in [0.25, 0.3) is 0 Å². The molecule has 0 aliphatic rings. The van der Waals surface area contributed by atoms with Gasteiger partial charge in [0.2, 0.25) is 0 Å². The standard InChI is InChI=1S/C17H21N.ClH/c1-2-15-8-10-17(11-9-15)14-18-13-12-16-6-4-3-5-7-16;/h3-11,18H,2,12-14H2,1H3;1H. The summed E-state index contributed by atoms with van der Waals surface area (Å²) in [5.41, 5.74) is 4.16. The first kappa shape index (κ1) is 15.7. The van der Waals surface area contributed by atoms with Gasteiger partial charge in [-0.3, -0.25) is 0 Å². The number of aryl methyl sites for hydroxylation is 1. The normalized spacial score (nSPS) is 9.95. The zero-order valence-corrected chi connectivity index (χ0v) is 12.2. The van der Waals surface area contributed by atoms with Crippen molar-refractivity contribution in [1.82, 2.24) is 5.32 Å². The maximum Gasteiger partial charge on any atom is 0.0205 e. The molecule has 0 saturated carbocycles. The molecule has 2 rings (SSSR count). The second kappa shape index (κ2) is 8.73. The second-order valence-electron chi connectivity index (χ2n) is 4.58. The highest BCUT2D eigenvalue weighted by Crippen LogP contribution is 2.05. The monoisotopic (exact) mass is 275 g/mol. The van der Waals surface area contributed by atoms with Gasteiger partial charge >= 0.3 is 0 Å². The van der Waals surface area contributed by atoms with E-state index in [9.17, 15) is 0 Å². The maximum atomic E-state index is 3.49. The Morgan fingerprint density at radius 2 is 1.42 bits per heavy atom. The molecule has 1 nitrogen and oxygen atoms in total. The molecule has 0 spiro atoms. The fourth-order valence-electron chi connectivity index (χ4n) is 2.00. The van der Waals surface area contributed by atoms with Gasteiger partial charge < -0.3 is 5.32 Å². The molecule has 2 aromatic rings. The van der Waals surface area contributed by atoms with Gasteiger partial charge in [0.15, 0.2) is 0 Å². The smallest absolute Gasteiger partial charge is 0.0205 e. The number of halogens is 1. The Bertz CT molecular complexity index is 450. The number of hydrogen-bond donors (Lipinski definition) is 1. The van der Waals surface area contributed by atoms with E-state index in [-0.39, 0.29) is 12.4 Å². The van der Waals surface area contributed by atoms with Crippen LogP contribution in [0.4, 0.5) is 0 Å². The summed E-state index contributed by atoms with van der Waals surface area (Å²) in [7, 11) is 0. The van der Waals surface area contributed by atoms with E-state index >= 15 is 0 Å². The van der Waals surface area contributed by atoms with Crippen LogP contribution in [0.25, 0.3) is 0 Å². The molecule has 0 amide bonds. The lowest BCUT2D eigenvalue weighted by atomic mass is 10.1. The third-order valence-corrected chi connectivity index (χ3v) is 3.19. The van der Waals surface area contributed by atoms with Gasteiger partial charge in [0.05, 0.1) is 0 Å². The first-order valence-electron chi connectivity index (χ1n) is 6.71. The predicted molar refractivity (Wildman–Crippen MR) is 84.9 cm³/mol. The molecule has 0 bridgehead atoms. The number of benzene rings is 2. The van der Waals surface area contributed by atoms with Crippen molar-refractivity contribution >= 4 is 12.4 Å². The molecule has 0 heterocycles. The van der Waals surface area contributed by atoms with Gasteiger partial charge in [-0.15, -0.1) is 12.4 Å². The molecule has 0 radical (unpaired) electrons. The fraction of sp³-hybridized carbons (Fsp3) is 0.294. The minimum absolute atomic E-state index is 0. The molecular formula is C17H22ClN. The Hall–Kier alpha value is -1.31. The van der Waals surface area contributed by atoms with E-state index in [1.54, 1.807) is 0 Å². The number of nitrogens with one attached hydrogen (secondary N) is 1. The van der Waals surface area contributed by atoms with Gasteiger partial charge in [-0.1, -0.05) is 61.5 Å². The van der Waals surface area contributed by atoms with Crippen molar-refractivity contribution in [2.24, 2.45) is 0 Å². The van der Waals surface area contributed by atoms with Crippen molar-refractivity contribution in [2.45, 2.75) is 26.3 Å². The Morgan fingerprint density at radius 3 is 2.05 bits per heavy atom. The van der Waals surface area contributed by atoms with Gasteiger partial charge in [0.1, 0.15) is 0 Å². The Morgan fingerprint density at radius 1 is 0.789 bits per heavy atom. The summed E-state index contributed by atoms with van der Waals surface area (Å²) in [6.07, 6.45) is 2.20. The molecule has 2 heteroatoms. The molecule has 0 saturated heterocycles. The van der Waals surface area contributed by atoms with Crippen molar-refractivity contribution in [1.29, 1.82) is 0 Å². The second-order valence-corrected chi connectivity index (χ2v) is 4.58. The van der Waals surface area contributed by atoms with Crippen LogP contribution in [0.3, 0.4) is 0 Å². The zero-order valence-electron chi connectivity index (χ0n) is 11.4. The number of rotatable bonds is 6. The van der Waals surface area contributed by atoms with E-state index < -0.39 is 0 Å². The van der Waals surface area contributed by atoms with Gasteiger partial charge in [0, 0.05) is 6.54 Å². The van der Waals surface area contributed by atoms with Gasteiger partial charge in [-0.05, 0) is 36.1 Å². The van der Waals surface area contributed by atoms with Crippen LogP contribution in [0, 0.1) is 0 Å². The summed E-state index contributed by atoms with van der Waals surface area (Å²) in [6, 6.07) is 19.5. The Balaban J connectivity index is 0.00000180. The van der Waals surface area contributed by atoms with Crippen LogP contribution in [0.5, 0.6) is 0 Å². The molecule has 0 unspecified atom stereocenters. The number of hydrogen-bond acceptors (Lipinski definition) is 1. The molecule has 0 aromatic heterocycles. The van der Waals surface area contributed by atoms with E-state index in [0.29, 0.717) is 0 Å². The van der Waals surface area contributed by atoms with Crippen molar-refractivity contribution in [3.63, 3.8) is 0 Å². The third-order valence-electron chi connectivity index (χ3n) is 3.19. The maximum absolute atomic E-state index is 3.49. The Labute approximate surface area is 122 Å². The molecule has 1 N–H and O–H groups in total. The van der Waals surface area contributed by atoms with E-state index in [4.69, 9.17) is 0 Å². The van der Waals surface area contributed by atoms with E-state index in [1.807, 2.05) is 0 Å². The molecule has 0 aliphatic carbocycles. The largest absolute Gasteiger partial charge is 0.312 e. The van der Waals surface area contributed by atoms with Crippen LogP contribution in [0.15, 0.2) is 54.6 Å². The van der Waals surface area contributed by atoms with Crippen LogP contribution in [-0.4, -0.2) is 6.54 Å².